The summed E-state index contributed by atoms with van der Waals surface area (Å²) in [6, 6.07) is 12.5. The summed E-state index contributed by atoms with van der Waals surface area (Å²) in [5, 5.41) is 0. The first-order valence-corrected chi connectivity index (χ1v) is 5.34. The maximum Gasteiger partial charge on any atom is 0.0950 e. The number of benzene rings is 1. The molecule has 3 heteroatoms. The lowest BCUT2D eigenvalue weighted by atomic mass is 10.2. The fraction of sp³-hybridized carbons (Fsp3) is 0.154. The predicted octanol–water partition coefficient (Wildman–Crippen LogP) is 2.63. The summed E-state index contributed by atoms with van der Waals surface area (Å²) in [5.41, 5.74) is 3.66. The Bertz CT molecular complexity index is 496. The zero-order valence-electron chi connectivity index (χ0n) is 9.17. The van der Waals surface area contributed by atoms with Gasteiger partial charge in [0.2, 0.25) is 0 Å². The van der Waals surface area contributed by atoms with Gasteiger partial charge in [-0.2, -0.15) is 0 Å². The number of aromatic nitrogens is 1. The first-order valence-electron chi connectivity index (χ1n) is 5.34. The molecular weight excluding hydrogens is 198 g/mol. The number of fused-ring (bicyclic) bond motifs is 1. The van der Waals surface area contributed by atoms with Crippen LogP contribution >= 0.6 is 0 Å². The fourth-order valence-corrected chi connectivity index (χ4v) is 2.11. The van der Waals surface area contributed by atoms with E-state index in [0.717, 1.165) is 12.4 Å². The largest absolute Gasteiger partial charge is 0.355 e. The number of anilines is 3. The standard InChI is InChI=1S/C13H13N3/c1-15-10-16(11-5-4-8-14-9-11)13-7-3-2-6-12(13)15/h2-9H,10H2,1H3. The van der Waals surface area contributed by atoms with Gasteiger partial charge < -0.3 is 9.80 Å². The van der Waals surface area contributed by atoms with Crippen LogP contribution in [0.1, 0.15) is 0 Å². The van der Waals surface area contributed by atoms with E-state index < -0.39 is 0 Å². The minimum absolute atomic E-state index is 0.880. The Morgan fingerprint density at radius 3 is 2.62 bits per heavy atom. The lowest BCUT2D eigenvalue weighted by molar-refractivity contribution is 0.946. The van der Waals surface area contributed by atoms with Crippen molar-refractivity contribution in [3.8, 4) is 0 Å². The van der Waals surface area contributed by atoms with Crippen molar-refractivity contribution in [3.05, 3.63) is 48.8 Å². The normalized spacial score (nSPS) is 14.1. The first kappa shape index (κ1) is 9.21. The van der Waals surface area contributed by atoms with E-state index in [-0.39, 0.29) is 0 Å². The molecule has 1 aromatic carbocycles. The van der Waals surface area contributed by atoms with Gasteiger partial charge in [-0.25, -0.2) is 0 Å². The van der Waals surface area contributed by atoms with Crippen molar-refractivity contribution in [2.45, 2.75) is 0 Å². The van der Waals surface area contributed by atoms with Gasteiger partial charge in [-0.05, 0) is 24.3 Å². The van der Waals surface area contributed by atoms with Crippen LogP contribution < -0.4 is 9.80 Å². The molecule has 16 heavy (non-hydrogen) atoms. The molecule has 0 saturated heterocycles. The second kappa shape index (κ2) is 3.52. The lowest BCUT2D eigenvalue weighted by Crippen LogP contribution is -2.23. The van der Waals surface area contributed by atoms with Crippen molar-refractivity contribution in [1.82, 2.24) is 4.98 Å². The Balaban J connectivity index is 2.07. The molecule has 1 aliphatic heterocycles. The van der Waals surface area contributed by atoms with Gasteiger partial charge in [0.1, 0.15) is 0 Å². The smallest absolute Gasteiger partial charge is 0.0950 e. The molecule has 2 heterocycles. The van der Waals surface area contributed by atoms with Gasteiger partial charge in [0.25, 0.3) is 0 Å². The highest BCUT2D eigenvalue weighted by molar-refractivity contribution is 5.81. The third-order valence-corrected chi connectivity index (χ3v) is 2.89. The number of nitrogens with zero attached hydrogens (tertiary/aromatic N) is 3. The van der Waals surface area contributed by atoms with Crippen molar-refractivity contribution < 1.29 is 0 Å². The average Bonchev–Trinajstić information content (AvgIpc) is 2.69. The third-order valence-electron chi connectivity index (χ3n) is 2.89. The quantitative estimate of drug-likeness (QED) is 0.722. The maximum absolute atomic E-state index is 4.17. The number of hydrogen-bond donors (Lipinski definition) is 0. The van der Waals surface area contributed by atoms with E-state index >= 15 is 0 Å². The van der Waals surface area contributed by atoms with E-state index in [0.29, 0.717) is 0 Å². The first-order chi connectivity index (χ1) is 7.86. The Morgan fingerprint density at radius 1 is 1.06 bits per heavy atom. The Kier molecular flexibility index (Phi) is 2.03. The van der Waals surface area contributed by atoms with Crippen molar-refractivity contribution in [3.63, 3.8) is 0 Å². The van der Waals surface area contributed by atoms with Crippen LogP contribution in [0, 0.1) is 0 Å². The molecule has 0 aliphatic carbocycles. The van der Waals surface area contributed by atoms with E-state index in [4.69, 9.17) is 0 Å². The molecule has 3 nitrogen and oxygen atoms in total. The van der Waals surface area contributed by atoms with Gasteiger partial charge in [-0.1, -0.05) is 12.1 Å². The Morgan fingerprint density at radius 2 is 1.88 bits per heavy atom. The van der Waals surface area contributed by atoms with Crippen LogP contribution in [-0.4, -0.2) is 18.7 Å². The molecule has 0 N–H and O–H groups in total. The Labute approximate surface area is 95.0 Å². The minimum atomic E-state index is 0.880. The second-order valence-electron chi connectivity index (χ2n) is 3.97. The summed E-state index contributed by atoms with van der Waals surface area (Å²) in [4.78, 5) is 8.67. The van der Waals surface area contributed by atoms with Crippen molar-refractivity contribution in [2.75, 3.05) is 23.5 Å². The lowest BCUT2D eigenvalue weighted by Gasteiger charge is -2.18. The van der Waals surface area contributed by atoms with Crippen LogP contribution in [0.3, 0.4) is 0 Å². The monoisotopic (exact) mass is 211 g/mol. The molecule has 0 amide bonds. The summed E-state index contributed by atoms with van der Waals surface area (Å²) in [5.74, 6) is 0. The molecule has 0 bridgehead atoms. The SMILES string of the molecule is CN1CN(c2cccnc2)c2ccccc21. The number of rotatable bonds is 1. The molecule has 0 atom stereocenters. The molecule has 0 fully saturated rings. The van der Waals surface area contributed by atoms with Gasteiger partial charge in [-0.15, -0.1) is 0 Å². The maximum atomic E-state index is 4.17. The van der Waals surface area contributed by atoms with E-state index in [1.165, 1.54) is 11.4 Å². The summed E-state index contributed by atoms with van der Waals surface area (Å²) < 4.78 is 0. The van der Waals surface area contributed by atoms with Gasteiger partial charge in [0.05, 0.1) is 29.9 Å². The van der Waals surface area contributed by atoms with Crippen molar-refractivity contribution in [2.24, 2.45) is 0 Å². The van der Waals surface area contributed by atoms with Gasteiger partial charge in [0.15, 0.2) is 0 Å². The molecule has 2 aromatic rings. The molecular formula is C13H13N3. The van der Waals surface area contributed by atoms with Gasteiger partial charge in [-0.3, -0.25) is 4.98 Å². The molecule has 0 unspecified atom stereocenters. The summed E-state index contributed by atoms with van der Waals surface area (Å²) >= 11 is 0. The molecule has 80 valence electrons. The molecule has 0 spiro atoms. The zero-order valence-corrected chi connectivity index (χ0v) is 9.17. The van der Waals surface area contributed by atoms with Crippen LogP contribution in [0.15, 0.2) is 48.8 Å². The zero-order chi connectivity index (χ0) is 11.0. The fourth-order valence-electron chi connectivity index (χ4n) is 2.11. The molecule has 3 rings (SSSR count). The van der Waals surface area contributed by atoms with E-state index in [1.54, 1.807) is 6.20 Å². The van der Waals surface area contributed by atoms with Crippen LogP contribution in [0.2, 0.25) is 0 Å². The van der Waals surface area contributed by atoms with Crippen molar-refractivity contribution in [1.29, 1.82) is 0 Å². The highest BCUT2D eigenvalue weighted by Gasteiger charge is 2.23. The topological polar surface area (TPSA) is 19.4 Å². The number of hydrogen-bond acceptors (Lipinski definition) is 3. The van der Waals surface area contributed by atoms with Gasteiger partial charge >= 0.3 is 0 Å². The highest BCUT2D eigenvalue weighted by atomic mass is 15.4. The summed E-state index contributed by atoms with van der Waals surface area (Å²) in [7, 11) is 2.11. The Hall–Kier alpha value is -2.03. The van der Waals surface area contributed by atoms with E-state index in [1.807, 2.05) is 12.3 Å². The van der Waals surface area contributed by atoms with Crippen LogP contribution in [0.4, 0.5) is 17.1 Å². The molecule has 1 aromatic heterocycles. The molecule has 0 radical (unpaired) electrons. The van der Waals surface area contributed by atoms with E-state index in [2.05, 4.69) is 52.2 Å². The third kappa shape index (κ3) is 1.33. The second-order valence-corrected chi connectivity index (χ2v) is 3.97. The average molecular weight is 211 g/mol. The van der Waals surface area contributed by atoms with Crippen LogP contribution in [0.25, 0.3) is 0 Å². The predicted molar refractivity (Wildman–Crippen MR) is 66.1 cm³/mol. The van der Waals surface area contributed by atoms with Crippen LogP contribution in [0.5, 0.6) is 0 Å². The minimum Gasteiger partial charge on any atom is -0.355 e. The van der Waals surface area contributed by atoms with E-state index in [9.17, 15) is 0 Å². The number of para-hydroxylation sites is 2. The molecule has 0 saturated carbocycles. The van der Waals surface area contributed by atoms with Gasteiger partial charge in [0, 0.05) is 13.2 Å². The molecule has 1 aliphatic rings. The van der Waals surface area contributed by atoms with Crippen molar-refractivity contribution >= 4 is 17.1 Å². The number of pyridine rings is 1. The summed E-state index contributed by atoms with van der Waals surface area (Å²) in [6.45, 7) is 0.880. The van der Waals surface area contributed by atoms with Crippen LogP contribution in [-0.2, 0) is 0 Å². The highest BCUT2D eigenvalue weighted by Crippen LogP contribution is 2.38. The summed E-state index contributed by atoms with van der Waals surface area (Å²) in [6.07, 6.45) is 3.70.